The van der Waals surface area contributed by atoms with E-state index in [1.54, 1.807) is 0 Å². The molecule has 0 atom stereocenters. The first-order valence-electron chi connectivity index (χ1n) is 12.4. The number of benzene rings is 3. The fraction of sp³-hybridized carbons (Fsp3) is 0.290. The molecule has 0 fully saturated rings. The van der Waals surface area contributed by atoms with E-state index in [0.717, 1.165) is 18.2 Å². The lowest BCUT2D eigenvalue weighted by Crippen LogP contribution is -2.26. The molecule has 2 nitrogen and oxygen atoms in total. The average Bonchev–Trinajstić information content (AvgIpc) is 2.87. The van der Waals surface area contributed by atoms with Crippen LogP contribution < -0.4 is 0 Å². The number of rotatable bonds is 13. The fourth-order valence-electron chi connectivity index (χ4n) is 3.94. The van der Waals surface area contributed by atoms with Crippen LogP contribution in [-0.2, 0) is 14.3 Å². The first-order chi connectivity index (χ1) is 16.9. The second kappa shape index (κ2) is 13.5. The van der Waals surface area contributed by atoms with Crippen molar-refractivity contribution in [2.45, 2.75) is 43.3 Å². The summed E-state index contributed by atoms with van der Waals surface area (Å²) in [4.78, 5) is 11.9. The van der Waals surface area contributed by atoms with Gasteiger partial charge in [0.05, 0.1) is 17.8 Å². The molecule has 0 spiro atoms. The maximum absolute atomic E-state index is 11.9. The normalized spacial score (nSPS) is 12.1. The molecule has 0 aromatic heterocycles. The molecule has 0 N–H and O–H groups in total. The van der Waals surface area contributed by atoms with Gasteiger partial charge in [-0.15, -0.1) is 11.8 Å². The van der Waals surface area contributed by atoms with Gasteiger partial charge < -0.3 is 4.74 Å². The van der Waals surface area contributed by atoms with Crippen molar-refractivity contribution in [3.05, 3.63) is 126 Å². The molecule has 0 unspecified atom stereocenters. The Hall–Kier alpha value is -2.56. The van der Waals surface area contributed by atoms with E-state index in [1.165, 1.54) is 16.7 Å². The number of allylic oxidation sites excluding steroid dienone is 2. The Morgan fingerprint density at radius 1 is 0.829 bits per heavy atom. The lowest BCUT2D eigenvalue weighted by Gasteiger charge is -2.35. The molecule has 183 valence electrons. The minimum absolute atomic E-state index is 0.140. The van der Waals surface area contributed by atoms with E-state index in [1.807, 2.05) is 24.3 Å². The van der Waals surface area contributed by atoms with Crippen LogP contribution in [0, 0.1) is 6.42 Å². The molecular formula is C31H37O2SSi. The second-order valence-electron chi connectivity index (χ2n) is 9.82. The zero-order chi connectivity index (χ0) is 25.0. The molecule has 0 heterocycles. The minimum atomic E-state index is -1.17. The number of hydrogen-bond donors (Lipinski definition) is 0. The Morgan fingerprint density at radius 3 is 1.77 bits per heavy atom. The predicted molar refractivity (Wildman–Crippen MR) is 153 cm³/mol. The third-order valence-electron chi connectivity index (χ3n) is 5.82. The molecule has 0 bridgehead atoms. The fourth-order valence-corrected chi connectivity index (χ4v) is 6.12. The lowest BCUT2D eigenvalue weighted by atomic mass is 9.84. The van der Waals surface area contributed by atoms with Crippen molar-refractivity contribution in [2.24, 2.45) is 0 Å². The third-order valence-corrected chi connectivity index (χ3v) is 9.10. The smallest absolute Gasteiger partial charge is 0.306 e. The largest absolute Gasteiger partial charge is 0.466 e. The van der Waals surface area contributed by atoms with E-state index in [4.69, 9.17) is 4.74 Å². The van der Waals surface area contributed by atoms with Crippen molar-refractivity contribution >= 4 is 25.8 Å². The van der Waals surface area contributed by atoms with Crippen LogP contribution in [0.15, 0.2) is 103 Å². The molecular weight excluding hydrogens is 464 g/mol. The predicted octanol–water partition coefficient (Wildman–Crippen LogP) is 8.13. The van der Waals surface area contributed by atoms with Crippen molar-refractivity contribution < 1.29 is 9.53 Å². The van der Waals surface area contributed by atoms with Crippen LogP contribution in [0.4, 0.5) is 0 Å². The van der Waals surface area contributed by atoms with Gasteiger partial charge in [-0.3, -0.25) is 4.79 Å². The number of esters is 1. The van der Waals surface area contributed by atoms with Crippen LogP contribution in [0.1, 0.15) is 29.5 Å². The first kappa shape index (κ1) is 27.0. The highest BCUT2D eigenvalue weighted by Crippen LogP contribution is 2.48. The zero-order valence-corrected chi connectivity index (χ0v) is 23.0. The third kappa shape index (κ3) is 8.26. The van der Waals surface area contributed by atoms with Crippen molar-refractivity contribution in [1.82, 2.24) is 0 Å². The molecule has 0 amide bonds. The lowest BCUT2D eigenvalue weighted by molar-refractivity contribution is -0.142. The summed E-state index contributed by atoms with van der Waals surface area (Å²) in [6.07, 6.45) is 7.29. The molecule has 0 aliphatic carbocycles. The number of carbonyl (C=O) groups is 1. The van der Waals surface area contributed by atoms with Crippen LogP contribution >= 0.6 is 11.8 Å². The number of carbonyl (C=O) groups excluding carboxylic acids is 1. The first-order valence-corrected chi connectivity index (χ1v) is 17.1. The molecule has 4 heteroatoms. The molecule has 35 heavy (non-hydrogen) atoms. The topological polar surface area (TPSA) is 26.3 Å². The van der Waals surface area contributed by atoms with E-state index < -0.39 is 8.07 Å². The maximum atomic E-state index is 11.9. The summed E-state index contributed by atoms with van der Waals surface area (Å²) in [5.74, 6) is 0.808. The van der Waals surface area contributed by atoms with E-state index in [2.05, 4.69) is 117 Å². The highest BCUT2D eigenvalue weighted by atomic mass is 32.2. The van der Waals surface area contributed by atoms with Gasteiger partial charge in [-0.05, 0) is 41.3 Å². The van der Waals surface area contributed by atoms with E-state index in [9.17, 15) is 4.79 Å². The van der Waals surface area contributed by atoms with Crippen LogP contribution in [0.3, 0.4) is 0 Å². The van der Waals surface area contributed by atoms with Crippen molar-refractivity contribution in [3.8, 4) is 0 Å². The van der Waals surface area contributed by atoms with Gasteiger partial charge in [0.2, 0.25) is 0 Å². The van der Waals surface area contributed by atoms with Gasteiger partial charge in [0, 0.05) is 8.07 Å². The quantitative estimate of drug-likeness (QED) is 0.102. The second-order valence-corrected chi connectivity index (χ2v) is 16.7. The van der Waals surface area contributed by atoms with Gasteiger partial charge in [-0.25, -0.2) is 0 Å². The zero-order valence-electron chi connectivity index (χ0n) is 21.2. The van der Waals surface area contributed by atoms with Crippen LogP contribution in [0.5, 0.6) is 0 Å². The molecule has 3 aromatic carbocycles. The van der Waals surface area contributed by atoms with Crippen molar-refractivity contribution in [2.75, 3.05) is 12.4 Å². The maximum Gasteiger partial charge on any atom is 0.306 e. The molecule has 0 saturated carbocycles. The summed E-state index contributed by atoms with van der Waals surface area (Å²) in [6, 6.07) is 33.3. The average molecular weight is 502 g/mol. The minimum Gasteiger partial charge on any atom is -0.466 e. The summed E-state index contributed by atoms with van der Waals surface area (Å²) < 4.78 is 5.07. The molecule has 0 aliphatic rings. The van der Waals surface area contributed by atoms with Gasteiger partial charge in [-0.2, -0.15) is 0 Å². The molecule has 3 rings (SSSR count). The van der Waals surface area contributed by atoms with Gasteiger partial charge in [0.25, 0.3) is 0 Å². The van der Waals surface area contributed by atoms with Crippen LogP contribution in [0.2, 0.25) is 25.7 Å². The molecule has 1 radical (unpaired) electrons. The van der Waals surface area contributed by atoms with Gasteiger partial charge >= 0.3 is 5.97 Å². The van der Waals surface area contributed by atoms with Crippen molar-refractivity contribution in [1.29, 1.82) is 0 Å². The molecule has 0 aliphatic heterocycles. The summed E-state index contributed by atoms with van der Waals surface area (Å²) in [7, 11) is -1.17. The van der Waals surface area contributed by atoms with Crippen LogP contribution in [0.25, 0.3) is 0 Å². The van der Waals surface area contributed by atoms with Gasteiger partial charge in [0.15, 0.2) is 0 Å². The Bertz CT molecular complexity index is 947. The molecule has 0 saturated heterocycles. The summed E-state index contributed by atoms with van der Waals surface area (Å²) in [6.45, 7) is 7.41. The molecule has 3 aromatic rings. The number of thioether (sulfide) groups is 1. The SMILES string of the molecule is C[Si](C)(C)CCOC(=O)C[CH]C=CCCSC(c1ccccc1)(c1ccccc1)c1ccccc1. The summed E-state index contributed by atoms with van der Waals surface area (Å²) in [5, 5.41) is 0. The summed E-state index contributed by atoms with van der Waals surface area (Å²) in [5.41, 5.74) is 3.83. The van der Waals surface area contributed by atoms with E-state index >= 15 is 0 Å². The van der Waals surface area contributed by atoms with E-state index in [-0.39, 0.29) is 10.7 Å². The Balaban J connectivity index is 1.64. The van der Waals surface area contributed by atoms with Gasteiger partial charge in [-0.1, -0.05) is 123 Å². The summed E-state index contributed by atoms with van der Waals surface area (Å²) >= 11 is 1.95. The number of hydrogen-bond acceptors (Lipinski definition) is 3. The standard InChI is InChI=1S/C31H37O2SSi/c1-35(2,3)26-24-33-30(32)23-15-4-5-16-25-34-31(27-17-9-6-10-18-27,28-19-11-7-12-20-28)29-21-13-8-14-22-29/h4-15,17-22H,16,23-26H2,1-3H3. The van der Waals surface area contributed by atoms with Crippen LogP contribution in [-0.4, -0.2) is 26.4 Å². The van der Waals surface area contributed by atoms with Gasteiger partial charge in [0.1, 0.15) is 0 Å². The highest BCUT2D eigenvalue weighted by molar-refractivity contribution is 8.00. The Labute approximate surface area is 216 Å². The van der Waals surface area contributed by atoms with E-state index in [0.29, 0.717) is 13.0 Å². The Morgan fingerprint density at radius 2 is 1.31 bits per heavy atom. The Kier molecular flexibility index (Phi) is 10.4. The highest BCUT2D eigenvalue weighted by Gasteiger charge is 2.36. The van der Waals surface area contributed by atoms with Crippen molar-refractivity contribution in [3.63, 3.8) is 0 Å². The monoisotopic (exact) mass is 501 g/mol. The number of ether oxygens (including phenoxy) is 1.